The van der Waals surface area contributed by atoms with E-state index in [0.717, 1.165) is 51.4 Å². The first-order valence-electron chi connectivity index (χ1n) is 34.8. The number of hydrogen-bond donors (Lipinski definition) is 9. The Morgan fingerprint density at radius 3 is 1.05 bits per heavy atom. The molecule has 2 aliphatic heterocycles. The standard InChI is InChI=1S/C67H131NO13/c1-3-5-7-9-11-13-15-16-17-18-19-20-21-22-23-24-25-26-27-28-29-30-31-32-33-34-35-36-37-38-39-40-41-43-45-47-49-51-59(72)68-55(56(71)50-48-46-44-42-14-12-10-8-6-4-2)54-78-66-64(77)62(75)65(58(53-70)80-66)81-67-63(76)61(74)60(73)57(52-69)79-67/h55-58,60-67,69-71,73-77H,3-54H2,1-2H3,(H,68,72). The van der Waals surface area contributed by atoms with Crippen molar-refractivity contribution in [1.29, 1.82) is 0 Å². The third-order valence-electron chi connectivity index (χ3n) is 17.6. The summed E-state index contributed by atoms with van der Waals surface area (Å²) in [6, 6.07) is -0.822. The van der Waals surface area contributed by atoms with Gasteiger partial charge in [0.2, 0.25) is 5.91 Å². The molecule has 482 valence electrons. The lowest BCUT2D eigenvalue weighted by Crippen LogP contribution is -2.65. The smallest absolute Gasteiger partial charge is 0.220 e. The van der Waals surface area contributed by atoms with E-state index in [1.54, 1.807) is 0 Å². The summed E-state index contributed by atoms with van der Waals surface area (Å²) in [5, 5.41) is 87.2. The molecule has 0 aromatic rings. The van der Waals surface area contributed by atoms with Crippen LogP contribution in [0.4, 0.5) is 0 Å². The average molecular weight is 1160 g/mol. The van der Waals surface area contributed by atoms with Crippen molar-refractivity contribution in [2.24, 2.45) is 0 Å². The zero-order chi connectivity index (χ0) is 58.8. The summed E-state index contributed by atoms with van der Waals surface area (Å²) < 4.78 is 22.8. The molecule has 2 rings (SSSR count). The van der Waals surface area contributed by atoms with Gasteiger partial charge in [0.25, 0.3) is 0 Å². The Morgan fingerprint density at radius 1 is 0.395 bits per heavy atom. The quantitative estimate of drug-likeness (QED) is 0.0259. The van der Waals surface area contributed by atoms with Crippen LogP contribution in [0.3, 0.4) is 0 Å². The highest BCUT2D eigenvalue weighted by Gasteiger charge is 2.51. The van der Waals surface area contributed by atoms with Gasteiger partial charge in [0, 0.05) is 6.42 Å². The van der Waals surface area contributed by atoms with Crippen molar-refractivity contribution in [3.63, 3.8) is 0 Å². The number of aliphatic hydroxyl groups is 8. The van der Waals surface area contributed by atoms with E-state index in [-0.39, 0.29) is 12.5 Å². The third-order valence-corrected chi connectivity index (χ3v) is 17.6. The van der Waals surface area contributed by atoms with Crippen LogP contribution in [0.1, 0.15) is 328 Å². The predicted octanol–water partition coefficient (Wildman–Crippen LogP) is 13.6. The van der Waals surface area contributed by atoms with Crippen LogP contribution in [0.2, 0.25) is 0 Å². The number of carbonyl (C=O) groups is 1. The maximum absolute atomic E-state index is 13.3. The normalized spacial score (nSPS) is 24.0. The van der Waals surface area contributed by atoms with Gasteiger partial charge in [-0.2, -0.15) is 0 Å². The van der Waals surface area contributed by atoms with Gasteiger partial charge in [-0.15, -0.1) is 0 Å². The fourth-order valence-electron chi connectivity index (χ4n) is 12.0. The lowest BCUT2D eigenvalue weighted by atomic mass is 9.97. The molecule has 1 amide bonds. The fraction of sp³-hybridized carbons (Fsp3) is 0.985. The largest absolute Gasteiger partial charge is 0.394 e. The molecular formula is C67H131NO13. The van der Waals surface area contributed by atoms with E-state index < -0.39 is 86.8 Å². The van der Waals surface area contributed by atoms with Crippen molar-refractivity contribution in [2.45, 2.75) is 402 Å². The minimum Gasteiger partial charge on any atom is -0.394 e. The van der Waals surface area contributed by atoms with Gasteiger partial charge >= 0.3 is 0 Å². The van der Waals surface area contributed by atoms with Crippen LogP contribution in [0, 0.1) is 0 Å². The second kappa shape index (κ2) is 53.2. The van der Waals surface area contributed by atoms with Crippen molar-refractivity contribution in [3.05, 3.63) is 0 Å². The Bertz CT molecular complexity index is 1360. The summed E-state index contributed by atoms with van der Waals surface area (Å²) in [7, 11) is 0. The van der Waals surface area contributed by atoms with Gasteiger partial charge in [-0.3, -0.25) is 4.79 Å². The van der Waals surface area contributed by atoms with Crippen LogP contribution in [0.5, 0.6) is 0 Å². The number of unbranched alkanes of at least 4 members (excludes halogenated alkanes) is 45. The van der Waals surface area contributed by atoms with Crippen molar-refractivity contribution in [1.82, 2.24) is 5.32 Å². The summed E-state index contributed by atoms with van der Waals surface area (Å²) in [6.45, 7) is 2.88. The Labute approximate surface area is 495 Å². The third kappa shape index (κ3) is 38.0. The first-order chi connectivity index (χ1) is 39.6. The molecule has 12 unspecified atom stereocenters. The second-order valence-electron chi connectivity index (χ2n) is 25.0. The van der Waals surface area contributed by atoms with E-state index in [0.29, 0.717) is 12.8 Å². The summed E-state index contributed by atoms with van der Waals surface area (Å²) in [5.74, 6) is -0.201. The average Bonchev–Trinajstić information content (AvgIpc) is 3.51. The predicted molar refractivity (Wildman–Crippen MR) is 328 cm³/mol. The number of hydrogen-bond acceptors (Lipinski definition) is 13. The molecule has 0 radical (unpaired) electrons. The summed E-state index contributed by atoms with van der Waals surface area (Å²) >= 11 is 0. The van der Waals surface area contributed by atoms with E-state index in [1.165, 1.54) is 250 Å². The molecule has 14 nitrogen and oxygen atoms in total. The Hall–Kier alpha value is -1.01. The minimum absolute atomic E-state index is 0.201. The molecule has 0 bridgehead atoms. The molecule has 81 heavy (non-hydrogen) atoms. The van der Waals surface area contributed by atoms with Crippen molar-refractivity contribution in [3.8, 4) is 0 Å². The van der Waals surface area contributed by atoms with Crippen LogP contribution in [-0.4, -0.2) is 140 Å². The van der Waals surface area contributed by atoms with Gasteiger partial charge in [-0.25, -0.2) is 0 Å². The van der Waals surface area contributed by atoms with Gasteiger partial charge in [-0.05, 0) is 12.8 Å². The summed E-state index contributed by atoms with van der Waals surface area (Å²) in [6.07, 6.45) is 46.0. The lowest BCUT2D eigenvalue weighted by Gasteiger charge is -2.46. The first-order valence-corrected chi connectivity index (χ1v) is 34.8. The minimum atomic E-state index is -1.78. The second-order valence-corrected chi connectivity index (χ2v) is 25.0. The Balaban J connectivity index is 1.52. The highest BCUT2D eigenvalue weighted by molar-refractivity contribution is 5.76. The first kappa shape index (κ1) is 76.1. The Kier molecular flexibility index (Phi) is 50.0. The molecule has 0 aromatic heterocycles. The van der Waals surface area contributed by atoms with Gasteiger partial charge in [0.15, 0.2) is 12.6 Å². The highest BCUT2D eigenvalue weighted by atomic mass is 16.7. The molecular weight excluding hydrogens is 1030 g/mol. The molecule has 14 heteroatoms. The van der Waals surface area contributed by atoms with Crippen LogP contribution in [-0.2, 0) is 23.7 Å². The maximum Gasteiger partial charge on any atom is 0.220 e. The van der Waals surface area contributed by atoms with E-state index in [2.05, 4.69) is 19.2 Å². The monoisotopic (exact) mass is 1160 g/mol. The zero-order valence-electron chi connectivity index (χ0n) is 52.3. The maximum atomic E-state index is 13.3. The molecule has 0 saturated carbocycles. The number of ether oxygens (including phenoxy) is 4. The SMILES string of the molecule is CCCCCCCCCCCCCCCCCCCCCCCCCCCCCCCCCCCCCCCC(=O)NC(COC1OC(CO)C(OC2OC(CO)C(O)C(O)C2O)C(O)C1O)C(O)CCCCCCCCCCCC. The molecule has 2 aliphatic rings. The van der Waals surface area contributed by atoms with Crippen LogP contribution >= 0.6 is 0 Å². The fourth-order valence-corrected chi connectivity index (χ4v) is 12.0. The van der Waals surface area contributed by atoms with Crippen LogP contribution < -0.4 is 5.32 Å². The molecule has 2 fully saturated rings. The molecule has 0 aromatic carbocycles. The van der Waals surface area contributed by atoms with Gasteiger partial charge < -0.3 is 65.1 Å². The molecule has 2 saturated heterocycles. The molecule has 9 N–H and O–H groups in total. The number of carbonyl (C=O) groups excluding carboxylic acids is 1. The highest BCUT2D eigenvalue weighted by Crippen LogP contribution is 2.30. The summed E-state index contributed by atoms with van der Waals surface area (Å²) in [5.41, 5.74) is 0. The van der Waals surface area contributed by atoms with Crippen molar-refractivity contribution in [2.75, 3.05) is 19.8 Å². The van der Waals surface area contributed by atoms with Crippen molar-refractivity contribution >= 4 is 5.91 Å². The van der Waals surface area contributed by atoms with E-state index >= 15 is 0 Å². The lowest BCUT2D eigenvalue weighted by molar-refractivity contribution is -0.359. The van der Waals surface area contributed by atoms with Crippen molar-refractivity contribution < 1.29 is 64.6 Å². The van der Waals surface area contributed by atoms with Gasteiger partial charge in [0.1, 0.15) is 48.8 Å². The Morgan fingerprint density at radius 2 is 0.704 bits per heavy atom. The number of amides is 1. The topological polar surface area (TPSA) is 228 Å². The van der Waals surface area contributed by atoms with E-state index in [1.807, 2.05) is 0 Å². The van der Waals surface area contributed by atoms with Crippen LogP contribution in [0.15, 0.2) is 0 Å². The van der Waals surface area contributed by atoms with E-state index in [4.69, 9.17) is 18.9 Å². The van der Waals surface area contributed by atoms with Crippen LogP contribution in [0.25, 0.3) is 0 Å². The van der Waals surface area contributed by atoms with Gasteiger partial charge in [0.05, 0.1) is 32.0 Å². The molecule has 0 aliphatic carbocycles. The van der Waals surface area contributed by atoms with E-state index in [9.17, 15) is 45.6 Å². The zero-order valence-corrected chi connectivity index (χ0v) is 52.3. The number of nitrogens with one attached hydrogen (secondary N) is 1. The molecule has 0 spiro atoms. The number of rotatable bonds is 58. The molecule has 12 atom stereocenters. The summed E-state index contributed by atoms with van der Waals surface area (Å²) in [4.78, 5) is 13.3. The molecule has 2 heterocycles. The van der Waals surface area contributed by atoms with Gasteiger partial charge in [-0.1, -0.05) is 309 Å². The number of aliphatic hydroxyl groups excluding tert-OH is 8.